The van der Waals surface area contributed by atoms with E-state index in [1.165, 1.54) is 135 Å². The van der Waals surface area contributed by atoms with Crippen molar-refractivity contribution in [3.05, 3.63) is 49.1 Å². The van der Waals surface area contributed by atoms with Crippen LogP contribution in [0.3, 0.4) is 0 Å². The Morgan fingerprint density at radius 1 is 0.419 bits per heavy atom. The lowest BCUT2D eigenvalue weighted by atomic mass is 10.1. The number of hydrogen-bond acceptors (Lipinski definition) is 2. The van der Waals surface area contributed by atoms with E-state index in [1.807, 2.05) is 0 Å². The maximum absolute atomic E-state index is 6.05. The number of pyridine rings is 2. The van der Waals surface area contributed by atoms with E-state index in [-0.39, 0.29) is 0 Å². The highest BCUT2D eigenvalue weighted by Gasteiger charge is 2.07. The van der Waals surface area contributed by atoms with Crippen molar-refractivity contribution in [2.45, 2.75) is 175 Å². The molecule has 4 heteroatoms. The van der Waals surface area contributed by atoms with Gasteiger partial charge < -0.3 is 9.47 Å². The molecule has 244 valence electrons. The highest BCUT2D eigenvalue weighted by Crippen LogP contribution is 2.13. The average molecular weight is 597 g/mol. The van der Waals surface area contributed by atoms with Gasteiger partial charge in [-0.25, -0.2) is 9.13 Å². The lowest BCUT2D eigenvalue weighted by Gasteiger charge is -2.06. The summed E-state index contributed by atoms with van der Waals surface area (Å²) in [6.45, 7) is 8.33. The molecule has 0 amide bonds. The number of ether oxygens (including phenoxy) is 2. The minimum Gasteiger partial charge on any atom is -0.487 e. The number of aryl methyl sites for hydroxylation is 2. The van der Waals surface area contributed by atoms with E-state index in [2.05, 4.69) is 72.0 Å². The molecule has 0 spiro atoms. The van der Waals surface area contributed by atoms with Crippen molar-refractivity contribution in [2.24, 2.45) is 0 Å². The van der Waals surface area contributed by atoms with Crippen molar-refractivity contribution in [3.8, 4) is 11.5 Å². The minimum absolute atomic E-state index is 0.833. The first-order chi connectivity index (χ1) is 21.3. The molecule has 0 bridgehead atoms. The summed E-state index contributed by atoms with van der Waals surface area (Å²) in [6, 6.07) is 8.42. The molecule has 0 aliphatic carbocycles. The van der Waals surface area contributed by atoms with Crippen molar-refractivity contribution in [2.75, 3.05) is 13.2 Å². The van der Waals surface area contributed by atoms with Crippen LogP contribution >= 0.6 is 0 Å². The van der Waals surface area contributed by atoms with Crippen LogP contribution in [0.4, 0.5) is 0 Å². The molecule has 2 rings (SSSR count). The van der Waals surface area contributed by atoms with Crippen molar-refractivity contribution in [1.82, 2.24) is 0 Å². The van der Waals surface area contributed by atoms with Gasteiger partial charge >= 0.3 is 0 Å². The molecule has 43 heavy (non-hydrogen) atoms. The van der Waals surface area contributed by atoms with Gasteiger partial charge in [0.25, 0.3) is 0 Å². The van der Waals surface area contributed by atoms with E-state index in [9.17, 15) is 0 Å². The fourth-order valence-corrected chi connectivity index (χ4v) is 5.77. The highest BCUT2D eigenvalue weighted by atomic mass is 16.5. The highest BCUT2D eigenvalue weighted by molar-refractivity contribution is 5.13. The van der Waals surface area contributed by atoms with Crippen LogP contribution in [-0.2, 0) is 13.1 Å². The normalized spacial score (nSPS) is 11.2. The molecular weight excluding hydrogens is 528 g/mol. The maximum atomic E-state index is 6.05. The Bertz CT molecular complexity index is 816. The van der Waals surface area contributed by atoms with Gasteiger partial charge in [-0.3, -0.25) is 0 Å². The molecule has 0 aliphatic rings. The van der Waals surface area contributed by atoms with E-state index in [0.29, 0.717) is 0 Å². The third kappa shape index (κ3) is 21.3. The smallest absolute Gasteiger partial charge is 0.211 e. The summed E-state index contributed by atoms with van der Waals surface area (Å²) in [5, 5.41) is 0. The summed E-state index contributed by atoms with van der Waals surface area (Å²) in [5.41, 5.74) is 0. The zero-order valence-electron chi connectivity index (χ0n) is 28.4. The molecule has 0 radical (unpaired) electrons. The Hall–Kier alpha value is -2.10. The molecule has 0 atom stereocenters. The number of unbranched alkanes of at least 4 members (excludes halogenated alkanes) is 20. The summed E-state index contributed by atoms with van der Waals surface area (Å²) in [7, 11) is 0. The monoisotopic (exact) mass is 597 g/mol. The summed E-state index contributed by atoms with van der Waals surface area (Å²) in [5.74, 6) is 2.01. The van der Waals surface area contributed by atoms with Crippen molar-refractivity contribution in [1.29, 1.82) is 0 Å². The van der Waals surface area contributed by atoms with Crippen LogP contribution in [0.5, 0.6) is 11.5 Å². The molecule has 0 saturated carbocycles. The zero-order valence-corrected chi connectivity index (χ0v) is 28.4. The Balaban J connectivity index is 1.46. The predicted octanol–water partition coefficient (Wildman–Crippen LogP) is 10.7. The van der Waals surface area contributed by atoms with Gasteiger partial charge in [-0.15, -0.1) is 0 Å². The molecule has 0 fully saturated rings. The van der Waals surface area contributed by atoms with Crippen LogP contribution in [0, 0.1) is 0 Å². The Labute approximate surface area is 266 Å². The molecule has 0 unspecified atom stereocenters. The van der Waals surface area contributed by atoms with Crippen LogP contribution in [0.2, 0.25) is 0 Å². The fraction of sp³-hybridized carbons (Fsp3) is 0.744. The van der Waals surface area contributed by atoms with Crippen LogP contribution in [0.15, 0.2) is 49.1 Å². The van der Waals surface area contributed by atoms with Gasteiger partial charge in [-0.2, -0.15) is 0 Å². The molecule has 0 aliphatic heterocycles. The molecule has 4 nitrogen and oxygen atoms in total. The molecule has 2 aromatic rings. The topological polar surface area (TPSA) is 26.2 Å². The first kappa shape index (κ1) is 37.1. The Morgan fingerprint density at radius 3 is 1.12 bits per heavy atom. The quantitative estimate of drug-likeness (QED) is 0.0662. The lowest BCUT2D eigenvalue weighted by Crippen LogP contribution is -2.34. The van der Waals surface area contributed by atoms with E-state index < -0.39 is 0 Å². The van der Waals surface area contributed by atoms with Gasteiger partial charge in [0.1, 0.15) is 13.1 Å². The average Bonchev–Trinajstić information content (AvgIpc) is 3.03. The van der Waals surface area contributed by atoms with Gasteiger partial charge in [-0.1, -0.05) is 129 Å². The van der Waals surface area contributed by atoms with Gasteiger partial charge in [0.2, 0.25) is 12.4 Å². The number of aromatic nitrogens is 2. The number of nitrogens with zero attached hydrogens (tertiary/aromatic N) is 2. The van der Waals surface area contributed by atoms with Gasteiger partial charge in [0.15, 0.2) is 23.9 Å². The first-order valence-corrected chi connectivity index (χ1v) is 18.6. The predicted molar refractivity (Wildman–Crippen MR) is 182 cm³/mol. The molecule has 0 aromatic carbocycles. The first-order valence-electron chi connectivity index (χ1n) is 18.6. The van der Waals surface area contributed by atoms with Crippen molar-refractivity contribution < 1.29 is 18.6 Å². The third-order valence-electron chi connectivity index (χ3n) is 8.53. The van der Waals surface area contributed by atoms with E-state index in [1.54, 1.807) is 0 Å². The molecular formula is C39H68N2O2+2. The van der Waals surface area contributed by atoms with Crippen LogP contribution < -0.4 is 18.6 Å². The fourth-order valence-electron chi connectivity index (χ4n) is 5.77. The molecule has 2 aromatic heterocycles. The maximum Gasteiger partial charge on any atom is 0.211 e. The Kier molecular flexibility index (Phi) is 23.7. The van der Waals surface area contributed by atoms with E-state index in [4.69, 9.17) is 9.47 Å². The van der Waals surface area contributed by atoms with Gasteiger partial charge in [0, 0.05) is 25.0 Å². The lowest BCUT2D eigenvalue weighted by molar-refractivity contribution is -0.701. The second kappa shape index (κ2) is 27.4. The van der Waals surface area contributed by atoms with Gasteiger partial charge in [0.05, 0.1) is 13.2 Å². The second-order valence-electron chi connectivity index (χ2n) is 12.7. The van der Waals surface area contributed by atoms with Crippen molar-refractivity contribution >= 4 is 0 Å². The van der Waals surface area contributed by atoms with E-state index >= 15 is 0 Å². The summed E-state index contributed by atoms with van der Waals surface area (Å²) in [4.78, 5) is 0. The molecule has 2 heterocycles. The largest absolute Gasteiger partial charge is 0.487 e. The summed E-state index contributed by atoms with van der Waals surface area (Å²) < 4.78 is 16.7. The van der Waals surface area contributed by atoms with E-state index in [0.717, 1.165) is 50.6 Å². The molecule has 0 saturated heterocycles. The zero-order chi connectivity index (χ0) is 30.5. The van der Waals surface area contributed by atoms with Crippen LogP contribution in [0.25, 0.3) is 0 Å². The summed E-state index contributed by atoms with van der Waals surface area (Å²) >= 11 is 0. The second-order valence-corrected chi connectivity index (χ2v) is 12.7. The van der Waals surface area contributed by atoms with Crippen molar-refractivity contribution in [3.63, 3.8) is 0 Å². The van der Waals surface area contributed by atoms with Crippen LogP contribution in [0.1, 0.15) is 162 Å². The van der Waals surface area contributed by atoms with Crippen LogP contribution in [-0.4, -0.2) is 13.2 Å². The minimum atomic E-state index is 0.833. The third-order valence-corrected chi connectivity index (χ3v) is 8.53. The number of rotatable bonds is 30. The standard InChI is InChI=1S/C39H68N2O2/c1-3-5-7-9-11-13-15-17-19-24-34-42-38-28-26-32-40(36-38)30-22-21-23-31-41-33-27-29-39(37-41)43-35-25-20-18-16-14-12-10-8-6-4-2/h26-29,32-33,36-37H,3-25,30-31,34-35H2,1-2H3/q+2. The Morgan fingerprint density at radius 2 is 0.744 bits per heavy atom. The molecule has 0 N–H and O–H groups in total. The number of hydrogen-bond donors (Lipinski definition) is 0. The van der Waals surface area contributed by atoms with Gasteiger partial charge in [-0.05, 0) is 31.4 Å². The summed E-state index contributed by atoms with van der Waals surface area (Å²) in [6.07, 6.45) is 39.4. The SMILES string of the molecule is CCCCCCCCCCCCOc1ccc[n+](CCCCC[n+]2cccc(OCCCCCCCCCCCC)c2)c1.